The second-order valence-electron chi connectivity index (χ2n) is 6.40. The minimum Gasteiger partial charge on any atom is -0.355 e. The van der Waals surface area contributed by atoms with Gasteiger partial charge in [0, 0.05) is 25.5 Å². The van der Waals surface area contributed by atoms with E-state index < -0.39 is 6.04 Å². The van der Waals surface area contributed by atoms with Crippen LogP contribution < -0.4 is 10.2 Å². The van der Waals surface area contributed by atoms with Crippen LogP contribution in [0.4, 0.5) is 10.2 Å². The van der Waals surface area contributed by atoms with Crippen LogP contribution in [0.2, 0.25) is 0 Å². The molecule has 1 fully saturated rings. The summed E-state index contributed by atoms with van der Waals surface area (Å²) in [5.74, 6) is 0.620. The molecule has 4 rings (SSSR count). The fourth-order valence-corrected chi connectivity index (χ4v) is 3.17. The van der Waals surface area contributed by atoms with E-state index in [4.69, 9.17) is 0 Å². The molecule has 0 saturated carbocycles. The predicted octanol–water partition coefficient (Wildman–Crippen LogP) is 2.46. The van der Waals surface area contributed by atoms with Gasteiger partial charge < -0.3 is 15.2 Å². The lowest BCUT2D eigenvalue weighted by Crippen LogP contribution is -2.31. The zero-order valence-corrected chi connectivity index (χ0v) is 14.6. The van der Waals surface area contributed by atoms with Crippen molar-refractivity contribution in [3.8, 4) is 0 Å². The van der Waals surface area contributed by atoms with Gasteiger partial charge >= 0.3 is 0 Å². The quantitative estimate of drug-likeness (QED) is 0.724. The molecule has 1 aliphatic heterocycles. The summed E-state index contributed by atoms with van der Waals surface area (Å²) in [5, 5.41) is 11.1. The molecule has 1 amide bonds. The van der Waals surface area contributed by atoms with Gasteiger partial charge in [-0.25, -0.2) is 9.37 Å². The Morgan fingerprint density at radius 1 is 1.11 bits per heavy atom. The molecule has 1 aromatic carbocycles. The zero-order chi connectivity index (χ0) is 18.6. The molecule has 0 aliphatic carbocycles. The lowest BCUT2D eigenvalue weighted by Gasteiger charge is -2.18. The van der Waals surface area contributed by atoms with E-state index in [2.05, 4.69) is 30.4 Å². The molecule has 138 valence electrons. The van der Waals surface area contributed by atoms with Crippen molar-refractivity contribution in [3.63, 3.8) is 0 Å². The molecule has 1 atom stereocenters. The van der Waals surface area contributed by atoms with Crippen molar-refractivity contribution >= 4 is 11.7 Å². The molecule has 1 aliphatic rings. The number of anilines is 1. The number of benzene rings is 1. The van der Waals surface area contributed by atoms with Gasteiger partial charge in [-0.1, -0.05) is 12.1 Å². The number of imidazole rings is 1. The van der Waals surface area contributed by atoms with E-state index in [0.717, 1.165) is 31.7 Å². The fraction of sp³-hybridized carbons (Fsp3) is 0.263. The first-order valence-corrected chi connectivity index (χ1v) is 8.85. The van der Waals surface area contributed by atoms with Gasteiger partial charge in [-0.3, -0.25) is 4.79 Å². The van der Waals surface area contributed by atoms with Crippen molar-refractivity contribution in [1.29, 1.82) is 0 Å². The number of nitrogens with zero attached hydrogens (tertiary/aromatic N) is 4. The first-order valence-electron chi connectivity index (χ1n) is 8.85. The molecule has 1 unspecified atom stereocenters. The van der Waals surface area contributed by atoms with Crippen molar-refractivity contribution < 1.29 is 9.18 Å². The Labute approximate surface area is 155 Å². The normalized spacial score (nSPS) is 14.9. The molecule has 0 radical (unpaired) electrons. The SMILES string of the molecule is O=C(NC(c1ccc(F)cc1)c1ncc[nH]1)c1ccc(N2CCCC2)nn1. The van der Waals surface area contributed by atoms with Crippen molar-refractivity contribution in [2.45, 2.75) is 18.9 Å². The fourth-order valence-electron chi connectivity index (χ4n) is 3.17. The highest BCUT2D eigenvalue weighted by atomic mass is 19.1. The van der Waals surface area contributed by atoms with Crippen molar-refractivity contribution in [3.05, 3.63) is 71.7 Å². The van der Waals surface area contributed by atoms with Crippen LogP contribution in [0.25, 0.3) is 0 Å². The van der Waals surface area contributed by atoms with Crippen LogP contribution in [0.3, 0.4) is 0 Å². The van der Waals surface area contributed by atoms with Gasteiger partial charge in [0.2, 0.25) is 0 Å². The Bertz CT molecular complexity index is 889. The monoisotopic (exact) mass is 366 g/mol. The Morgan fingerprint density at radius 3 is 2.52 bits per heavy atom. The predicted molar refractivity (Wildman–Crippen MR) is 97.8 cm³/mol. The number of amides is 1. The Morgan fingerprint density at radius 2 is 1.89 bits per heavy atom. The summed E-state index contributed by atoms with van der Waals surface area (Å²) in [7, 11) is 0. The summed E-state index contributed by atoms with van der Waals surface area (Å²) in [6.45, 7) is 1.93. The van der Waals surface area contributed by atoms with Crippen molar-refractivity contribution in [2.75, 3.05) is 18.0 Å². The summed E-state index contributed by atoms with van der Waals surface area (Å²) in [6.07, 6.45) is 5.56. The molecule has 1 saturated heterocycles. The molecule has 0 bridgehead atoms. The standard InChI is InChI=1S/C19H19FN6O/c20-14-5-3-13(4-6-14)17(18-21-9-10-22-18)23-19(27)15-7-8-16(25-24-15)26-11-1-2-12-26/h3-10,17H,1-2,11-12H2,(H,21,22)(H,23,27). The number of halogens is 1. The van der Waals surface area contributed by atoms with E-state index >= 15 is 0 Å². The summed E-state index contributed by atoms with van der Waals surface area (Å²) in [4.78, 5) is 22.0. The maximum atomic E-state index is 13.3. The Balaban J connectivity index is 1.53. The van der Waals surface area contributed by atoms with E-state index in [1.54, 1.807) is 30.6 Å². The molecule has 27 heavy (non-hydrogen) atoms. The van der Waals surface area contributed by atoms with Gasteiger partial charge in [0.1, 0.15) is 17.7 Å². The molecule has 2 N–H and O–H groups in total. The van der Waals surface area contributed by atoms with Gasteiger partial charge in [-0.05, 0) is 42.7 Å². The number of rotatable bonds is 5. The number of H-pyrrole nitrogens is 1. The molecule has 3 aromatic rings. The largest absolute Gasteiger partial charge is 0.355 e. The highest BCUT2D eigenvalue weighted by molar-refractivity contribution is 5.92. The number of hydrogen-bond acceptors (Lipinski definition) is 5. The van der Waals surface area contributed by atoms with Gasteiger partial charge in [0.25, 0.3) is 5.91 Å². The van der Waals surface area contributed by atoms with Crippen molar-refractivity contribution in [2.24, 2.45) is 0 Å². The first-order chi connectivity index (χ1) is 13.2. The number of hydrogen-bond donors (Lipinski definition) is 2. The summed E-state index contributed by atoms with van der Waals surface area (Å²) >= 11 is 0. The third-order valence-corrected chi connectivity index (χ3v) is 4.58. The van der Waals surface area contributed by atoms with E-state index in [9.17, 15) is 9.18 Å². The van der Waals surface area contributed by atoms with E-state index in [-0.39, 0.29) is 17.4 Å². The van der Waals surface area contributed by atoms with Gasteiger partial charge in [-0.15, -0.1) is 10.2 Å². The lowest BCUT2D eigenvalue weighted by atomic mass is 10.1. The van der Waals surface area contributed by atoms with Crippen LogP contribution in [0.1, 0.15) is 40.8 Å². The van der Waals surface area contributed by atoms with E-state index in [1.165, 1.54) is 12.1 Å². The van der Waals surface area contributed by atoms with Crippen LogP contribution in [0.15, 0.2) is 48.8 Å². The van der Waals surface area contributed by atoms with Gasteiger partial charge in [-0.2, -0.15) is 0 Å². The smallest absolute Gasteiger partial charge is 0.272 e. The second-order valence-corrected chi connectivity index (χ2v) is 6.40. The number of aromatic nitrogens is 4. The zero-order valence-electron chi connectivity index (χ0n) is 14.6. The lowest BCUT2D eigenvalue weighted by molar-refractivity contribution is 0.0935. The third-order valence-electron chi connectivity index (χ3n) is 4.58. The molecule has 3 heterocycles. The minimum absolute atomic E-state index is 0.219. The van der Waals surface area contributed by atoms with Crippen LogP contribution in [-0.4, -0.2) is 39.2 Å². The van der Waals surface area contributed by atoms with E-state index in [1.807, 2.05) is 6.07 Å². The summed E-state index contributed by atoms with van der Waals surface area (Å²) in [5.41, 5.74) is 0.929. The summed E-state index contributed by atoms with van der Waals surface area (Å²) < 4.78 is 13.3. The average Bonchev–Trinajstić information content (AvgIpc) is 3.41. The van der Waals surface area contributed by atoms with Crippen LogP contribution in [0.5, 0.6) is 0 Å². The molecule has 2 aromatic heterocycles. The number of carbonyl (C=O) groups excluding carboxylic acids is 1. The Kier molecular flexibility index (Phi) is 4.78. The van der Waals surface area contributed by atoms with Gasteiger partial charge in [0.05, 0.1) is 0 Å². The second kappa shape index (κ2) is 7.53. The van der Waals surface area contributed by atoms with E-state index in [0.29, 0.717) is 11.4 Å². The molecular formula is C19H19FN6O. The maximum absolute atomic E-state index is 13.3. The highest BCUT2D eigenvalue weighted by Gasteiger charge is 2.21. The third kappa shape index (κ3) is 3.79. The maximum Gasteiger partial charge on any atom is 0.272 e. The minimum atomic E-state index is -0.548. The Hall–Kier alpha value is -3.29. The number of carbonyl (C=O) groups is 1. The first kappa shape index (κ1) is 17.1. The number of aromatic amines is 1. The van der Waals surface area contributed by atoms with Crippen molar-refractivity contribution in [1.82, 2.24) is 25.5 Å². The number of nitrogens with one attached hydrogen (secondary N) is 2. The van der Waals surface area contributed by atoms with Crippen LogP contribution in [-0.2, 0) is 0 Å². The topological polar surface area (TPSA) is 86.8 Å². The molecule has 8 heteroatoms. The molecule has 7 nitrogen and oxygen atoms in total. The van der Waals surface area contributed by atoms with Gasteiger partial charge in [0.15, 0.2) is 11.5 Å². The highest BCUT2D eigenvalue weighted by Crippen LogP contribution is 2.21. The summed E-state index contributed by atoms with van der Waals surface area (Å²) in [6, 6.07) is 8.86. The molecular weight excluding hydrogens is 347 g/mol. The molecule has 0 spiro atoms. The van der Waals surface area contributed by atoms with Crippen LogP contribution >= 0.6 is 0 Å². The van der Waals surface area contributed by atoms with Crippen LogP contribution in [0, 0.1) is 5.82 Å². The average molecular weight is 366 g/mol.